The average molecular weight is 450 g/mol. The summed E-state index contributed by atoms with van der Waals surface area (Å²) < 4.78 is 0. The molecule has 3 aromatic carbocycles. The summed E-state index contributed by atoms with van der Waals surface area (Å²) in [6.07, 6.45) is 3.86. The van der Waals surface area contributed by atoms with E-state index in [2.05, 4.69) is 53.8 Å². The number of rotatable bonds is 7. The van der Waals surface area contributed by atoms with E-state index in [1.807, 2.05) is 18.2 Å². The molecule has 1 fully saturated rings. The Morgan fingerprint density at radius 1 is 0.781 bits per heavy atom. The molecular formula is C28H32ClNO2. The van der Waals surface area contributed by atoms with Crippen LogP contribution in [0.1, 0.15) is 53.9 Å². The minimum Gasteiger partial charge on any atom is -0.508 e. The lowest BCUT2D eigenvalue weighted by atomic mass is 9.85. The van der Waals surface area contributed by atoms with Crippen LogP contribution in [0.15, 0.2) is 78.9 Å². The van der Waals surface area contributed by atoms with E-state index in [0.29, 0.717) is 12.3 Å². The molecule has 0 amide bonds. The van der Waals surface area contributed by atoms with Gasteiger partial charge in [-0.25, -0.2) is 0 Å². The van der Waals surface area contributed by atoms with Gasteiger partial charge in [-0.15, -0.1) is 12.4 Å². The van der Waals surface area contributed by atoms with E-state index in [4.69, 9.17) is 0 Å². The van der Waals surface area contributed by atoms with Crippen LogP contribution >= 0.6 is 12.4 Å². The van der Waals surface area contributed by atoms with Crippen molar-refractivity contribution in [3.8, 4) is 5.75 Å². The van der Waals surface area contributed by atoms with Crippen LogP contribution in [0.2, 0.25) is 0 Å². The molecule has 0 bridgehead atoms. The van der Waals surface area contributed by atoms with Gasteiger partial charge in [0.2, 0.25) is 0 Å². The fraction of sp³-hybridized carbons (Fsp3) is 0.286. The summed E-state index contributed by atoms with van der Waals surface area (Å²) in [6, 6.07) is 26.9. The molecule has 168 valence electrons. The first-order valence-corrected chi connectivity index (χ1v) is 11.3. The second-order valence-corrected chi connectivity index (χ2v) is 8.24. The van der Waals surface area contributed by atoms with Crippen molar-refractivity contribution in [2.75, 3.05) is 19.7 Å². The molecule has 0 unspecified atom stereocenters. The maximum absolute atomic E-state index is 9.83. The van der Waals surface area contributed by atoms with Gasteiger partial charge in [0.25, 0.3) is 0 Å². The van der Waals surface area contributed by atoms with Crippen molar-refractivity contribution in [2.24, 2.45) is 0 Å². The van der Waals surface area contributed by atoms with Crippen LogP contribution in [0.5, 0.6) is 5.75 Å². The quantitative estimate of drug-likeness (QED) is 0.387. The summed E-state index contributed by atoms with van der Waals surface area (Å²) in [5.74, 6) is 0.889. The first-order chi connectivity index (χ1) is 15.3. The monoisotopic (exact) mass is 449 g/mol. The van der Waals surface area contributed by atoms with E-state index in [-0.39, 0.29) is 24.8 Å². The number of benzene rings is 3. The zero-order valence-corrected chi connectivity index (χ0v) is 19.2. The van der Waals surface area contributed by atoms with E-state index < -0.39 is 0 Å². The summed E-state index contributed by atoms with van der Waals surface area (Å²) in [5, 5.41) is 22.8. The highest BCUT2D eigenvalue weighted by atomic mass is 35.5. The first kappa shape index (κ1) is 24.1. The maximum atomic E-state index is 9.83. The molecule has 0 spiro atoms. The molecule has 32 heavy (non-hydrogen) atoms. The number of aliphatic hydroxyl groups is 1. The number of hydrogen-bond acceptors (Lipinski definition) is 3. The van der Waals surface area contributed by atoms with Gasteiger partial charge in [-0.3, -0.25) is 0 Å². The molecule has 0 atom stereocenters. The van der Waals surface area contributed by atoms with Crippen molar-refractivity contribution in [1.82, 2.24) is 5.32 Å². The molecule has 0 radical (unpaired) electrons. The smallest absolute Gasteiger partial charge is 0.115 e. The third-order valence-corrected chi connectivity index (χ3v) is 6.17. The Morgan fingerprint density at radius 2 is 1.38 bits per heavy atom. The number of nitrogens with one attached hydrogen (secondary N) is 1. The summed E-state index contributed by atoms with van der Waals surface area (Å²) >= 11 is 0. The highest BCUT2D eigenvalue weighted by Gasteiger charge is 2.17. The highest BCUT2D eigenvalue weighted by Crippen LogP contribution is 2.36. The number of hydrogen-bond donors (Lipinski definition) is 3. The SMILES string of the molecule is Cl.OCCC/C(=C(\c1ccc(O)cc1)c1ccc(C2CCNCC2)cc1)c1ccccc1. The minimum atomic E-state index is 0. The molecule has 0 aliphatic carbocycles. The number of aromatic hydroxyl groups is 1. The third-order valence-electron chi connectivity index (χ3n) is 6.17. The number of phenols is 1. The molecule has 1 saturated heterocycles. The number of allylic oxidation sites excluding steroid dienone is 1. The van der Waals surface area contributed by atoms with Gasteiger partial charge in [-0.2, -0.15) is 0 Å². The number of halogens is 1. The molecule has 3 nitrogen and oxygen atoms in total. The molecule has 1 aliphatic rings. The molecule has 1 heterocycles. The van der Waals surface area contributed by atoms with Crippen LogP contribution in [-0.4, -0.2) is 29.9 Å². The summed E-state index contributed by atoms with van der Waals surface area (Å²) in [7, 11) is 0. The van der Waals surface area contributed by atoms with E-state index >= 15 is 0 Å². The third kappa shape index (κ3) is 5.80. The van der Waals surface area contributed by atoms with Gasteiger partial charge in [0, 0.05) is 6.61 Å². The van der Waals surface area contributed by atoms with E-state index in [9.17, 15) is 10.2 Å². The standard InChI is InChI=1S/C28H31NO2.ClH/c30-20-4-7-27(23-5-2-1-3-6-23)28(25-12-14-26(31)15-13-25)24-10-8-21(9-11-24)22-16-18-29-19-17-22;/h1-3,5-6,8-15,22,29-31H,4,7,16-20H2;1H/b28-27+;. The predicted octanol–water partition coefficient (Wildman–Crippen LogP) is 6.01. The Kier molecular flexibility index (Phi) is 8.92. The Bertz CT molecular complexity index is 992. The van der Waals surface area contributed by atoms with Crippen LogP contribution in [0.25, 0.3) is 11.1 Å². The Labute approximate surface area is 197 Å². The fourth-order valence-corrected chi connectivity index (χ4v) is 4.53. The van der Waals surface area contributed by atoms with Crippen molar-refractivity contribution >= 4 is 23.6 Å². The molecule has 4 rings (SSSR count). The molecule has 0 saturated carbocycles. The molecule has 4 heteroatoms. The van der Waals surface area contributed by atoms with Gasteiger partial charge >= 0.3 is 0 Å². The number of phenolic OH excluding ortho intramolecular Hbond substituents is 1. The molecule has 3 N–H and O–H groups in total. The van der Waals surface area contributed by atoms with Crippen molar-refractivity contribution in [2.45, 2.75) is 31.6 Å². The van der Waals surface area contributed by atoms with Gasteiger partial charge in [-0.1, -0.05) is 66.7 Å². The fourth-order valence-electron chi connectivity index (χ4n) is 4.53. The topological polar surface area (TPSA) is 52.5 Å². The maximum Gasteiger partial charge on any atom is 0.115 e. The van der Waals surface area contributed by atoms with Crippen molar-refractivity contribution in [3.05, 3.63) is 101 Å². The van der Waals surface area contributed by atoms with Gasteiger partial charge in [0.15, 0.2) is 0 Å². The van der Waals surface area contributed by atoms with Crippen LogP contribution in [0.3, 0.4) is 0 Å². The van der Waals surface area contributed by atoms with Crippen molar-refractivity contribution < 1.29 is 10.2 Å². The van der Waals surface area contributed by atoms with E-state index in [1.165, 1.54) is 35.1 Å². The van der Waals surface area contributed by atoms with Gasteiger partial charge in [0.1, 0.15) is 5.75 Å². The molecule has 1 aliphatic heterocycles. The van der Waals surface area contributed by atoms with E-state index in [0.717, 1.165) is 30.6 Å². The minimum absolute atomic E-state index is 0. The van der Waals surface area contributed by atoms with Crippen LogP contribution < -0.4 is 5.32 Å². The van der Waals surface area contributed by atoms with E-state index in [1.54, 1.807) is 12.1 Å². The molecule has 0 aromatic heterocycles. The summed E-state index contributed by atoms with van der Waals surface area (Å²) in [4.78, 5) is 0. The predicted molar refractivity (Wildman–Crippen MR) is 135 cm³/mol. The van der Waals surface area contributed by atoms with Crippen molar-refractivity contribution in [3.63, 3.8) is 0 Å². The van der Waals surface area contributed by atoms with Gasteiger partial charge in [0.05, 0.1) is 0 Å². The lowest BCUT2D eigenvalue weighted by Gasteiger charge is -2.23. The Balaban J connectivity index is 0.00000289. The van der Waals surface area contributed by atoms with Gasteiger partial charge in [-0.05, 0) is 90.2 Å². The van der Waals surface area contributed by atoms with Gasteiger partial charge < -0.3 is 15.5 Å². The number of aliphatic hydroxyl groups excluding tert-OH is 1. The normalized spacial score (nSPS) is 15.0. The second-order valence-electron chi connectivity index (χ2n) is 8.24. The first-order valence-electron chi connectivity index (χ1n) is 11.3. The van der Waals surface area contributed by atoms with Crippen LogP contribution in [-0.2, 0) is 0 Å². The number of piperidine rings is 1. The average Bonchev–Trinajstić information content (AvgIpc) is 2.84. The van der Waals surface area contributed by atoms with Crippen LogP contribution in [0.4, 0.5) is 0 Å². The van der Waals surface area contributed by atoms with Crippen molar-refractivity contribution in [1.29, 1.82) is 0 Å². The zero-order valence-electron chi connectivity index (χ0n) is 18.3. The Morgan fingerprint density at radius 3 is 1.97 bits per heavy atom. The summed E-state index contributed by atoms with van der Waals surface area (Å²) in [6.45, 7) is 2.34. The largest absolute Gasteiger partial charge is 0.508 e. The Hall–Kier alpha value is -2.59. The molecule has 3 aromatic rings. The highest BCUT2D eigenvalue weighted by molar-refractivity contribution is 5.98. The zero-order chi connectivity index (χ0) is 21.5. The van der Waals surface area contributed by atoms with Crippen LogP contribution in [0, 0.1) is 0 Å². The second kappa shape index (κ2) is 11.9. The lowest BCUT2D eigenvalue weighted by Crippen LogP contribution is -2.26. The lowest BCUT2D eigenvalue weighted by molar-refractivity contribution is 0.290. The summed E-state index contributed by atoms with van der Waals surface area (Å²) in [5.41, 5.74) is 7.20. The molecular weight excluding hydrogens is 418 g/mol.